The SMILES string of the molecule is COc1ccc(C(=O)Nc2ccccc2C(=O)N(C)Cc2ccccc2Br)cc1. The van der Waals surface area contributed by atoms with E-state index in [9.17, 15) is 9.59 Å². The highest BCUT2D eigenvalue weighted by Crippen LogP contribution is 2.22. The fourth-order valence-electron chi connectivity index (χ4n) is 2.88. The van der Waals surface area contributed by atoms with E-state index in [0.29, 0.717) is 29.1 Å². The van der Waals surface area contributed by atoms with Gasteiger partial charge in [-0.3, -0.25) is 9.59 Å². The van der Waals surface area contributed by atoms with Crippen molar-refractivity contribution in [2.24, 2.45) is 0 Å². The van der Waals surface area contributed by atoms with Crippen molar-refractivity contribution in [2.75, 3.05) is 19.5 Å². The topological polar surface area (TPSA) is 58.6 Å². The Bertz CT molecular complexity index is 1020. The van der Waals surface area contributed by atoms with Gasteiger partial charge in [-0.1, -0.05) is 46.3 Å². The third-order valence-corrected chi connectivity index (χ3v) is 5.24. The standard InChI is InChI=1S/C23H21BrN2O3/c1-26(15-17-7-3-5-9-20(17)24)23(28)19-8-4-6-10-21(19)25-22(27)16-11-13-18(29-2)14-12-16/h3-14H,15H2,1-2H3,(H,25,27). The van der Waals surface area contributed by atoms with E-state index in [0.717, 1.165) is 10.0 Å². The predicted octanol–water partition coefficient (Wildman–Crippen LogP) is 4.98. The van der Waals surface area contributed by atoms with Gasteiger partial charge in [0, 0.05) is 23.6 Å². The number of anilines is 1. The van der Waals surface area contributed by atoms with Gasteiger partial charge in [-0.25, -0.2) is 0 Å². The van der Waals surface area contributed by atoms with Crippen molar-refractivity contribution < 1.29 is 14.3 Å². The summed E-state index contributed by atoms with van der Waals surface area (Å²) in [7, 11) is 3.31. The maximum absolute atomic E-state index is 13.0. The van der Waals surface area contributed by atoms with E-state index in [-0.39, 0.29) is 11.8 Å². The van der Waals surface area contributed by atoms with Crippen LogP contribution in [0.1, 0.15) is 26.3 Å². The fraction of sp³-hybridized carbons (Fsp3) is 0.130. The van der Waals surface area contributed by atoms with E-state index >= 15 is 0 Å². The summed E-state index contributed by atoms with van der Waals surface area (Å²) < 4.78 is 6.06. The van der Waals surface area contributed by atoms with Crippen LogP contribution in [-0.2, 0) is 6.54 Å². The monoisotopic (exact) mass is 452 g/mol. The lowest BCUT2D eigenvalue weighted by atomic mass is 10.1. The van der Waals surface area contributed by atoms with E-state index in [4.69, 9.17) is 4.74 Å². The Balaban J connectivity index is 1.77. The molecular weight excluding hydrogens is 432 g/mol. The molecule has 3 aromatic carbocycles. The van der Waals surface area contributed by atoms with Crippen LogP contribution < -0.4 is 10.1 Å². The molecule has 3 rings (SSSR count). The zero-order chi connectivity index (χ0) is 20.8. The number of hydrogen-bond donors (Lipinski definition) is 1. The number of benzene rings is 3. The molecule has 0 aliphatic heterocycles. The van der Waals surface area contributed by atoms with Gasteiger partial charge < -0.3 is 15.0 Å². The minimum absolute atomic E-state index is 0.175. The molecule has 0 radical (unpaired) electrons. The molecule has 6 heteroatoms. The second-order valence-electron chi connectivity index (χ2n) is 6.48. The van der Waals surface area contributed by atoms with Gasteiger partial charge >= 0.3 is 0 Å². The van der Waals surface area contributed by atoms with Gasteiger partial charge in [-0.2, -0.15) is 0 Å². The largest absolute Gasteiger partial charge is 0.497 e. The summed E-state index contributed by atoms with van der Waals surface area (Å²) in [5.74, 6) is 0.207. The highest BCUT2D eigenvalue weighted by Gasteiger charge is 2.18. The molecule has 0 unspecified atom stereocenters. The number of nitrogens with one attached hydrogen (secondary N) is 1. The smallest absolute Gasteiger partial charge is 0.256 e. The number of rotatable bonds is 6. The van der Waals surface area contributed by atoms with Crippen molar-refractivity contribution in [1.29, 1.82) is 0 Å². The van der Waals surface area contributed by atoms with Crippen LogP contribution in [-0.4, -0.2) is 30.9 Å². The lowest BCUT2D eigenvalue weighted by molar-refractivity contribution is 0.0786. The molecule has 5 nitrogen and oxygen atoms in total. The van der Waals surface area contributed by atoms with Crippen LogP contribution in [0.15, 0.2) is 77.3 Å². The summed E-state index contributed by atoms with van der Waals surface area (Å²) in [6, 6.07) is 21.6. The first-order chi connectivity index (χ1) is 14.0. The second-order valence-corrected chi connectivity index (χ2v) is 7.34. The molecule has 0 aromatic heterocycles. The van der Waals surface area contributed by atoms with Crippen molar-refractivity contribution in [3.8, 4) is 5.75 Å². The number of hydrogen-bond acceptors (Lipinski definition) is 3. The van der Waals surface area contributed by atoms with E-state index in [2.05, 4.69) is 21.2 Å². The molecule has 29 heavy (non-hydrogen) atoms. The van der Waals surface area contributed by atoms with Gasteiger partial charge in [-0.15, -0.1) is 0 Å². The van der Waals surface area contributed by atoms with Crippen molar-refractivity contribution in [3.05, 3.63) is 94.0 Å². The Hall–Kier alpha value is -3.12. The van der Waals surface area contributed by atoms with Crippen LogP contribution in [0.4, 0.5) is 5.69 Å². The third-order valence-electron chi connectivity index (χ3n) is 4.47. The molecule has 0 saturated heterocycles. The summed E-state index contributed by atoms with van der Waals surface area (Å²) in [4.78, 5) is 27.3. The molecule has 0 spiro atoms. The molecule has 0 fully saturated rings. The Morgan fingerprint density at radius 2 is 1.62 bits per heavy atom. The van der Waals surface area contributed by atoms with Crippen molar-refractivity contribution in [3.63, 3.8) is 0 Å². The number of methoxy groups -OCH3 is 1. The third kappa shape index (κ3) is 5.03. The van der Waals surface area contributed by atoms with E-state index < -0.39 is 0 Å². The first kappa shape index (κ1) is 20.6. The van der Waals surface area contributed by atoms with Crippen molar-refractivity contribution >= 4 is 33.4 Å². The molecule has 148 valence electrons. The molecule has 0 bridgehead atoms. The van der Waals surface area contributed by atoms with Gasteiger partial charge in [0.2, 0.25) is 0 Å². The van der Waals surface area contributed by atoms with E-state index in [1.165, 1.54) is 0 Å². The van der Waals surface area contributed by atoms with Gasteiger partial charge in [0.05, 0.1) is 18.4 Å². The van der Waals surface area contributed by atoms with Crippen LogP contribution in [0, 0.1) is 0 Å². The lowest BCUT2D eigenvalue weighted by Gasteiger charge is -2.20. The van der Waals surface area contributed by atoms with Gasteiger partial charge in [0.25, 0.3) is 11.8 Å². The predicted molar refractivity (Wildman–Crippen MR) is 117 cm³/mol. The molecule has 1 N–H and O–H groups in total. The molecule has 0 heterocycles. The number of ether oxygens (including phenoxy) is 1. The average Bonchev–Trinajstić information content (AvgIpc) is 2.75. The molecule has 0 aliphatic rings. The molecule has 3 aromatic rings. The summed E-state index contributed by atoms with van der Waals surface area (Å²) in [6.07, 6.45) is 0. The van der Waals surface area contributed by atoms with Crippen LogP contribution >= 0.6 is 15.9 Å². The summed E-state index contributed by atoms with van der Waals surface area (Å²) >= 11 is 3.51. The summed E-state index contributed by atoms with van der Waals surface area (Å²) in [6.45, 7) is 0.445. The summed E-state index contributed by atoms with van der Waals surface area (Å²) in [5.41, 5.74) is 2.39. The highest BCUT2D eigenvalue weighted by atomic mass is 79.9. The Kier molecular flexibility index (Phi) is 6.67. The van der Waals surface area contributed by atoms with Gasteiger partial charge in [-0.05, 0) is 48.0 Å². The zero-order valence-electron chi connectivity index (χ0n) is 16.2. The minimum atomic E-state index is -0.290. The van der Waals surface area contributed by atoms with E-state index in [1.807, 2.05) is 24.3 Å². The van der Waals surface area contributed by atoms with Gasteiger partial charge in [0.1, 0.15) is 5.75 Å². The van der Waals surface area contributed by atoms with Crippen molar-refractivity contribution in [1.82, 2.24) is 4.90 Å². The quantitative estimate of drug-likeness (QED) is 0.573. The van der Waals surface area contributed by atoms with Crippen molar-refractivity contribution in [2.45, 2.75) is 6.54 Å². The average molecular weight is 453 g/mol. The lowest BCUT2D eigenvalue weighted by Crippen LogP contribution is -2.27. The molecule has 0 saturated carbocycles. The molecule has 0 atom stereocenters. The molecule has 0 aliphatic carbocycles. The number of para-hydroxylation sites is 1. The number of halogens is 1. The fourth-order valence-corrected chi connectivity index (χ4v) is 3.29. The maximum Gasteiger partial charge on any atom is 0.256 e. The van der Waals surface area contributed by atoms with Crippen LogP contribution in [0.2, 0.25) is 0 Å². The molecular formula is C23H21BrN2O3. The first-order valence-corrected chi connectivity index (χ1v) is 9.82. The number of carbonyl (C=O) groups excluding carboxylic acids is 2. The van der Waals surface area contributed by atoms with Crippen LogP contribution in [0.25, 0.3) is 0 Å². The normalized spacial score (nSPS) is 10.3. The first-order valence-electron chi connectivity index (χ1n) is 9.03. The van der Waals surface area contributed by atoms with E-state index in [1.54, 1.807) is 67.6 Å². The maximum atomic E-state index is 13.0. The van der Waals surface area contributed by atoms with Gasteiger partial charge in [0.15, 0.2) is 0 Å². The Morgan fingerprint density at radius 1 is 0.966 bits per heavy atom. The summed E-state index contributed by atoms with van der Waals surface area (Å²) in [5, 5.41) is 2.84. The Labute approximate surface area is 178 Å². The van der Waals surface area contributed by atoms with Crippen LogP contribution in [0.3, 0.4) is 0 Å². The minimum Gasteiger partial charge on any atom is -0.497 e. The Morgan fingerprint density at radius 3 is 2.31 bits per heavy atom. The highest BCUT2D eigenvalue weighted by molar-refractivity contribution is 9.10. The van der Waals surface area contributed by atoms with Crippen LogP contribution in [0.5, 0.6) is 5.75 Å². The zero-order valence-corrected chi connectivity index (χ0v) is 17.8. The number of carbonyl (C=O) groups is 2. The molecule has 2 amide bonds. The number of amides is 2. The second kappa shape index (κ2) is 9.39. The number of nitrogens with zero attached hydrogens (tertiary/aromatic N) is 1.